The molecule has 3 nitrogen and oxygen atoms in total. The zero-order valence-electron chi connectivity index (χ0n) is 6.00. The highest BCUT2D eigenvalue weighted by Crippen LogP contribution is 2.36. The van der Waals surface area contributed by atoms with Crippen LogP contribution in [0.1, 0.15) is 5.56 Å². The van der Waals surface area contributed by atoms with Crippen molar-refractivity contribution in [2.45, 2.75) is 10.4 Å². The second-order valence-electron chi connectivity index (χ2n) is 2.16. The predicted octanol–water partition coefficient (Wildman–Crippen LogP) is 1.41. The van der Waals surface area contributed by atoms with Crippen molar-refractivity contribution in [3.63, 3.8) is 0 Å². The van der Waals surface area contributed by atoms with Gasteiger partial charge in [-0.15, -0.1) is 11.3 Å². The van der Waals surface area contributed by atoms with Crippen LogP contribution in [0.25, 0.3) is 0 Å². The van der Waals surface area contributed by atoms with Crippen molar-refractivity contribution in [1.82, 2.24) is 0 Å². The van der Waals surface area contributed by atoms with Crippen LogP contribution in [0.3, 0.4) is 0 Å². The molecule has 0 saturated heterocycles. The number of halogens is 3. The van der Waals surface area contributed by atoms with Gasteiger partial charge in [-0.2, -0.15) is 13.2 Å². The molecule has 0 aliphatic rings. The minimum absolute atomic E-state index is 0.450. The van der Waals surface area contributed by atoms with E-state index in [9.17, 15) is 21.6 Å². The zero-order chi connectivity index (χ0) is 10.3. The number of hydrogen-bond donors (Lipinski definition) is 1. The third-order valence-corrected chi connectivity index (χ3v) is 3.62. The number of rotatable bonds is 1. The molecule has 1 aromatic heterocycles. The van der Waals surface area contributed by atoms with Crippen LogP contribution in [-0.4, -0.2) is 8.42 Å². The molecule has 0 spiro atoms. The van der Waals surface area contributed by atoms with Gasteiger partial charge in [0.25, 0.3) is 0 Å². The van der Waals surface area contributed by atoms with Gasteiger partial charge in [0.1, 0.15) is 4.21 Å². The average molecular weight is 231 g/mol. The monoisotopic (exact) mass is 231 g/mol. The fraction of sp³-hybridized carbons (Fsp3) is 0.200. The van der Waals surface area contributed by atoms with Gasteiger partial charge in [-0.3, -0.25) is 0 Å². The molecule has 0 unspecified atom stereocenters. The zero-order valence-corrected chi connectivity index (χ0v) is 7.63. The number of thiophene rings is 1. The fourth-order valence-corrected chi connectivity index (χ4v) is 2.56. The molecule has 74 valence electrons. The molecule has 0 amide bonds. The van der Waals surface area contributed by atoms with Gasteiger partial charge < -0.3 is 0 Å². The first-order valence-corrected chi connectivity index (χ1v) is 5.33. The molecule has 1 rings (SSSR count). The minimum atomic E-state index is -4.68. The SMILES string of the molecule is NS(=O)(=O)c1sccc1C(F)(F)F. The molecule has 8 heteroatoms. The predicted molar refractivity (Wildman–Crippen MR) is 40.7 cm³/mol. The smallest absolute Gasteiger partial charge is 0.224 e. The van der Waals surface area contributed by atoms with E-state index in [0.717, 1.165) is 5.38 Å². The molecular formula is C5H4F3NO2S2. The maximum absolute atomic E-state index is 12.1. The van der Waals surface area contributed by atoms with Crippen LogP contribution >= 0.6 is 11.3 Å². The highest BCUT2D eigenvalue weighted by atomic mass is 32.2. The van der Waals surface area contributed by atoms with Gasteiger partial charge in [-0.25, -0.2) is 13.6 Å². The Kier molecular flexibility index (Phi) is 2.39. The fourth-order valence-electron chi connectivity index (χ4n) is 0.726. The van der Waals surface area contributed by atoms with Crippen LogP contribution in [0, 0.1) is 0 Å². The van der Waals surface area contributed by atoms with Crippen LogP contribution in [0.5, 0.6) is 0 Å². The number of sulfonamides is 1. The van der Waals surface area contributed by atoms with E-state index < -0.39 is 26.0 Å². The Morgan fingerprint density at radius 3 is 2.23 bits per heavy atom. The molecule has 13 heavy (non-hydrogen) atoms. The Bertz CT molecular complexity index is 406. The molecule has 0 saturated carbocycles. The number of hydrogen-bond acceptors (Lipinski definition) is 3. The topological polar surface area (TPSA) is 60.2 Å². The molecule has 0 aliphatic carbocycles. The van der Waals surface area contributed by atoms with Gasteiger partial charge in [0.15, 0.2) is 0 Å². The van der Waals surface area contributed by atoms with Gasteiger partial charge in [-0.1, -0.05) is 0 Å². The summed E-state index contributed by atoms with van der Waals surface area (Å²) in [5, 5.41) is 5.61. The van der Waals surface area contributed by atoms with E-state index in [4.69, 9.17) is 0 Å². The first-order chi connectivity index (χ1) is 5.73. The summed E-state index contributed by atoms with van der Waals surface area (Å²) in [6.45, 7) is 0. The van der Waals surface area contributed by atoms with E-state index in [1.807, 2.05) is 0 Å². The lowest BCUT2D eigenvalue weighted by molar-refractivity contribution is -0.139. The molecule has 0 aromatic carbocycles. The van der Waals surface area contributed by atoms with Crippen LogP contribution in [0.15, 0.2) is 15.7 Å². The summed E-state index contributed by atoms with van der Waals surface area (Å²) in [5.41, 5.74) is -1.21. The lowest BCUT2D eigenvalue weighted by Crippen LogP contribution is -2.16. The lowest BCUT2D eigenvalue weighted by Gasteiger charge is -2.05. The third kappa shape index (κ3) is 2.20. The van der Waals surface area contributed by atoms with Gasteiger partial charge in [0.05, 0.1) is 5.56 Å². The van der Waals surface area contributed by atoms with Crippen LogP contribution in [0.4, 0.5) is 13.2 Å². The quantitative estimate of drug-likeness (QED) is 0.794. The summed E-state index contributed by atoms with van der Waals surface area (Å²) >= 11 is 0.450. The Balaban J connectivity index is 3.35. The second kappa shape index (κ2) is 2.96. The van der Waals surface area contributed by atoms with Crippen molar-refractivity contribution < 1.29 is 21.6 Å². The molecule has 1 aromatic rings. The summed E-state index contributed by atoms with van der Waals surface area (Å²) in [4.78, 5) is 0. The first kappa shape index (κ1) is 10.5. The van der Waals surface area contributed by atoms with Crippen molar-refractivity contribution >= 4 is 21.4 Å². The number of alkyl halides is 3. The normalized spacial score (nSPS) is 13.2. The molecule has 0 aliphatic heterocycles. The molecule has 0 fully saturated rings. The highest BCUT2D eigenvalue weighted by Gasteiger charge is 2.37. The van der Waals surface area contributed by atoms with Crippen molar-refractivity contribution in [3.05, 3.63) is 17.0 Å². The first-order valence-electron chi connectivity index (χ1n) is 2.90. The largest absolute Gasteiger partial charge is 0.418 e. The van der Waals surface area contributed by atoms with E-state index in [1.165, 1.54) is 0 Å². The Morgan fingerprint density at radius 2 is 1.92 bits per heavy atom. The van der Waals surface area contributed by atoms with Crippen molar-refractivity contribution in [3.8, 4) is 0 Å². The summed E-state index contributed by atoms with van der Waals surface area (Å²) in [5.74, 6) is 0. The van der Waals surface area contributed by atoms with Crippen LogP contribution in [0.2, 0.25) is 0 Å². The van der Waals surface area contributed by atoms with Crippen LogP contribution in [-0.2, 0) is 16.2 Å². The number of primary sulfonamides is 1. The maximum atomic E-state index is 12.1. The van der Waals surface area contributed by atoms with E-state index in [-0.39, 0.29) is 0 Å². The Labute approximate surface area is 76.0 Å². The molecular weight excluding hydrogens is 227 g/mol. The molecule has 0 radical (unpaired) electrons. The molecule has 0 bridgehead atoms. The van der Waals surface area contributed by atoms with Gasteiger partial charge in [-0.05, 0) is 11.4 Å². The van der Waals surface area contributed by atoms with E-state index in [2.05, 4.69) is 5.14 Å². The van der Waals surface area contributed by atoms with Crippen LogP contribution < -0.4 is 5.14 Å². The summed E-state index contributed by atoms with van der Waals surface area (Å²) in [6, 6.07) is 0.685. The summed E-state index contributed by atoms with van der Waals surface area (Å²) in [7, 11) is -4.27. The van der Waals surface area contributed by atoms with Crippen molar-refractivity contribution in [1.29, 1.82) is 0 Å². The third-order valence-electron chi connectivity index (χ3n) is 1.19. The van der Waals surface area contributed by atoms with E-state index >= 15 is 0 Å². The van der Waals surface area contributed by atoms with E-state index in [1.54, 1.807) is 0 Å². The maximum Gasteiger partial charge on any atom is 0.418 e. The number of nitrogens with two attached hydrogens (primary N) is 1. The van der Waals surface area contributed by atoms with Gasteiger partial charge in [0, 0.05) is 0 Å². The second-order valence-corrected chi connectivity index (χ2v) is 4.84. The highest BCUT2D eigenvalue weighted by molar-refractivity contribution is 7.91. The summed E-state index contributed by atoms with van der Waals surface area (Å²) in [6.07, 6.45) is -4.68. The van der Waals surface area contributed by atoms with Gasteiger partial charge in [0.2, 0.25) is 10.0 Å². The summed E-state index contributed by atoms with van der Waals surface area (Å²) < 4.78 is 56.7. The van der Waals surface area contributed by atoms with E-state index in [0.29, 0.717) is 17.4 Å². The Hall–Kier alpha value is -0.600. The van der Waals surface area contributed by atoms with Crippen molar-refractivity contribution in [2.75, 3.05) is 0 Å². The van der Waals surface area contributed by atoms with Crippen molar-refractivity contribution in [2.24, 2.45) is 5.14 Å². The molecule has 2 N–H and O–H groups in total. The minimum Gasteiger partial charge on any atom is -0.224 e. The average Bonchev–Trinajstić information content (AvgIpc) is 2.27. The molecule has 0 atom stereocenters. The van der Waals surface area contributed by atoms with Gasteiger partial charge >= 0.3 is 6.18 Å². The standard InChI is InChI=1S/C5H4F3NO2S2/c6-5(7,8)3-1-2-12-4(3)13(9,10)11/h1-2H,(H2,9,10,11). The Morgan fingerprint density at radius 1 is 1.38 bits per heavy atom. The molecule has 1 heterocycles. The lowest BCUT2D eigenvalue weighted by atomic mass is 10.3.